The van der Waals surface area contributed by atoms with Gasteiger partial charge in [0.2, 0.25) is 0 Å². The molecule has 3 aromatic rings. The van der Waals surface area contributed by atoms with E-state index in [0.29, 0.717) is 0 Å². The van der Waals surface area contributed by atoms with E-state index in [0.717, 1.165) is 16.7 Å². The van der Waals surface area contributed by atoms with Gasteiger partial charge in [-0.25, -0.2) is 0 Å². The molecule has 4 heteroatoms. The summed E-state index contributed by atoms with van der Waals surface area (Å²) >= 11 is 0.175. The molecule has 3 nitrogen and oxygen atoms in total. The number of aromatic nitrogens is 1. The van der Waals surface area contributed by atoms with Crippen LogP contribution in [0.4, 0.5) is 0 Å². The van der Waals surface area contributed by atoms with Crippen molar-refractivity contribution >= 4 is 40.7 Å². The molecule has 3 rings (SSSR count). The van der Waals surface area contributed by atoms with Crippen molar-refractivity contribution in [2.75, 3.05) is 7.11 Å². The minimum absolute atomic E-state index is 0.0170. The molecule has 0 fully saturated rings. The molecule has 1 heterocycles. The first-order chi connectivity index (χ1) is 10.2. The zero-order chi connectivity index (χ0) is 14.8. The second kappa shape index (κ2) is 5.76. The van der Waals surface area contributed by atoms with Crippen molar-refractivity contribution in [3.05, 3.63) is 54.7 Å². The topological polar surface area (TPSA) is 31.2 Å². The van der Waals surface area contributed by atoms with E-state index in [1.807, 2.05) is 42.6 Å². The average molecular weight is 344 g/mol. The van der Waals surface area contributed by atoms with Crippen LogP contribution < -0.4 is 13.7 Å². The Bertz CT molecular complexity index is 793. The van der Waals surface area contributed by atoms with Gasteiger partial charge in [-0.2, -0.15) is 0 Å². The Morgan fingerprint density at radius 3 is 2.57 bits per heavy atom. The molecule has 0 N–H and O–H groups in total. The fourth-order valence-electron chi connectivity index (χ4n) is 2.26. The molecule has 0 aliphatic carbocycles. The van der Waals surface area contributed by atoms with E-state index in [1.165, 1.54) is 8.92 Å². The van der Waals surface area contributed by atoms with Crippen molar-refractivity contribution in [1.82, 2.24) is 4.57 Å². The average Bonchev–Trinajstić information content (AvgIpc) is 2.86. The van der Waals surface area contributed by atoms with Crippen LogP contribution in [0.2, 0.25) is 0 Å². The number of nitrogens with zero attached hydrogens (tertiary/aromatic N) is 1. The molecule has 106 valence electrons. The fraction of sp³-hybridized carbons (Fsp3) is 0.118. The van der Waals surface area contributed by atoms with Crippen LogP contribution in [0.5, 0.6) is 5.75 Å². The molecule has 21 heavy (non-hydrogen) atoms. The number of fused-ring (bicyclic) bond motifs is 1. The molecule has 1 aromatic heterocycles. The molecule has 0 aliphatic heterocycles. The number of benzene rings is 2. The van der Waals surface area contributed by atoms with Gasteiger partial charge in [0.1, 0.15) is 0 Å². The third-order valence-electron chi connectivity index (χ3n) is 3.29. The van der Waals surface area contributed by atoms with Crippen LogP contribution in [0.15, 0.2) is 54.7 Å². The first-order valence-corrected chi connectivity index (χ1v) is 8.33. The Balaban J connectivity index is 2.13. The van der Waals surface area contributed by atoms with Crippen molar-refractivity contribution in [3.8, 4) is 5.75 Å². The Hall–Kier alpha value is -2.03. The van der Waals surface area contributed by atoms with Crippen LogP contribution >= 0.6 is 0 Å². The van der Waals surface area contributed by atoms with Crippen molar-refractivity contribution in [2.45, 2.75) is 6.92 Å². The summed E-state index contributed by atoms with van der Waals surface area (Å²) in [5.41, 5.74) is 0.912. The second-order valence-electron chi connectivity index (χ2n) is 4.68. The minimum atomic E-state index is 0.0170. The van der Waals surface area contributed by atoms with E-state index < -0.39 is 0 Å². The quantitative estimate of drug-likeness (QED) is 0.681. The van der Waals surface area contributed by atoms with Gasteiger partial charge in [0.15, 0.2) is 0 Å². The molecule has 0 atom stereocenters. The maximum atomic E-state index is 11.9. The Morgan fingerprint density at radius 2 is 1.90 bits per heavy atom. The van der Waals surface area contributed by atoms with Gasteiger partial charge in [0, 0.05) is 0 Å². The van der Waals surface area contributed by atoms with E-state index >= 15 is 0 Å². The summed E-state index contributed by atoms with van der Waals surface area (Å²) in [6.45, 7) is 1.58. The summed E-state index contributed by atoms with van der Waals surface area (Å²) in [6, 6.07) is 16.3. The van der Waals surface area contributed by atoms with Crippen LogP contribution in [0.25, 0.3) is 10.9 Å². The van der Waals surface area contributed by atoms with Crippen LogP contribution in [0.1, 0.15) is 11.7 Å². The van der Waals surface area contributed by atoms with Gasteiger partial charge in [0.25, 0.3) is 0 Å². The van der Waals surface area contributed by atoms with Crippen LogP contribution in [-0.4, -0.2) is 32.5 Å². The molecular weight excluding hydrogens is 329 g/mol. The molecule has 0 saturated carbocycles. The Labute approximate surface area is 129 Å². The number of rotatable bonds is 3. The summed E-state index contributed by atoms with van der Waals surface area (Å²) < 4.78 is 9.48. The molecule has 0 spiro atoms. The van der Waals surface area contributed by atoms with Crippen LogP contribution in [-0.2, 0) is 0 Å². The van der Waals surface area contributed by atoms with Gasteiger partial charge < -0.3 is 0 Å². The maximum absolute atomic E-state index is 11.9. The third kappa shape index (κ3) is 2.73. The zero-order valence-electron chi connectivity index (χ0n) is 11.9. The summed E-state index contributed by atoms with van der Waals surface area (Å²) in [5, 5.41) is 1.12. The summed E-state index contributed by atoms with van der Waals surface area (Å²) in [5.74, 6) is 0.783. The molecule has 0 radical (unpaired) electrons. The van der Waals surface area contributed by atoms with E-state index in [2.05, 4.69) is 12.1 Å². The van der Waals surface area contributed by atoms with E-state index in [9.17, 15) is 4.79 Å². The van der Waals surface area contributed by atoms with E-state index in [1.54, 1.807) is 18.6 Å². The van der Waals surface area contributed by atoms with Crippen LogP contribution in [0, 0.1) is 0 Å². The number of carbonyl (C=O) groups is 1. The molecule has 0 unspecified atom stereocenters. The number of hydrogen-bond acceptors (Lipinski definition) is 2. The number of ether oxygens (including phenoxy) is 1. The summed E-state index contributed by atoms with van der Waals surface area (Å²) in [7, 11) is 1.64. The normalized spacial score (nSPS) is 10.8. The summed E-state index contributed by atoms with van der Waals surface area (Å²) in [6.07, 6.45) is 1.96. The Morgan fingerprint density at radius 1 is 1.14 bits per heavy atom. The van der Waals surface area contributed by atoms with Crippen molar-refractivity contribution in [3.63, 3.8) is 0 Å². The molecule has 0 saturated heterocycles. The summed E-state index contributed by atoms with van der Waals surface area (Å²) in [4.78, 5) is 11.9. The first-order valence-electron chi connectivity index (χ1n) is 6.62. The number of carbonyl (C=O) groups excluding carboxylic acids is 1. The molecule has 0 aliphatic rings. The van der Waals surface area contributed by atoms with Crippen molar-refractivity contribution < 1.29 is 9.53 Å². The van der Waals surface area contributed by atoms with Gasteiger partial charge in [-0.15, -0.1) is 0 Å². The molecule has 2 aromatic carbocycles. The monoisotopic (exact) mass is 345 g/mol. The van der Waals surface area contributed by atoms with Gasteiger partial charge in [-0.05, 0) is 0 Å². The number of methoxy groups -OCH3 is 1. The predicted molar refractivity (Wildman–Crippen MR) is 86.3 cm³/mol. The van der Waals surface area contributed by atoms with Gasteiger partial charge in [0.05, 0.1) is 0 Å². The first kappa shape index (κ1) is 13.9. The van der Waals surface area contributed by atoms with Gasteiger partial charge in [-0.1, -0.05) is 0 Å². The standard InChI is InChI=1S/C17H15NO2Se/c1-12(19)18-11-17(21-14-6-4-3-5-7-14)15-9-8-13(20-2)10-16(15)18/h3-11H,1-2H3. The predicted octanol–water partition coefficient (Wildman–Crippen LogP) is 1.97. The van der Waals surface area contributed by atoms with E-state index in [4.69, 9.17) is 4.74 Å². The number of hydrogen-bond donors (Lipinski definition) is 0. The van der Waals surface area contributed by atoms with Crippen molar-refractivity contribution in [2.24, 2.45) is 0 Å². The molecule has 0 amide bonds. The van der Waals surface area contributed by atoms with Crippen LogP contribution in [0.3, 0.4) is 0 Å². The SMILES string of the molecule is COc1ccc2c([Se]c3ccccc3)cn(C(C)=O)c2c1. The molecule has 0 bridgehead atoms. The third-order valence-corrected chi connectivity index (χ3v) is 5.50. The van der Waals surface area contributed by atoms with Gasteiger partial charge >= 0.3 is 129 Å². The van der Waals surface area contributed by atoms with Gasteiger partial charge in [-0.3, -0.25) is 0 Å². The Kier molecular flexibility index (Phi) is 3.82. The fourth-order valence-corrected chi connectivity index (χ4v) is 4.33. The van der Waals surface area contributed by atoms with Crippen molar-refractivity contribution in [1.29, 1.82) is 0 Å². The second-order valence-corrected chi connectivity index (χ2v) is 7.02. The molecular formula is C17H15NO2Se. The van der Waals surface area contributed by atoms with E-state index in [-0.39, 0.29) is 20.9 Å². The zero-order valence-corrected chi connectivity index (χ0v) is 13.6.